The Hall–Kier alpha value is -0.720. The van der Waals surface area contributed by atoms with E-state index in [9.17, 15) is 0 Å². The van der Waals surface area contributed by atoms with E-state index in [-0.39, 0.29) is 30.1 Å². The summed E-state index contributed by atoms with van der Waals surface area (Å²) in [7, 11) is 0. The van der Waals surface area contributed by atoms with E-state index in [2.05, 4.69) is 38.3 Å². The van der Waals surface area contributed by atoms with Gasteiger partial charge in [-0.2, -0.15) is 4.37 Å². The number of aryl methyl sites for hydroxylation is 1. The fourth-order valence-corrected chi connectivity index (χ4v) is 3.68. The van der Waals surface area contributed by atoms with Crippen molar-refractivity contribution in [1.82, 2.24) is 19.6 Å². The van der Waals surface area contributed by atoms with Gasteiger partial charge in [0.2, 0.25) is 5.13 Å². The molecule has 2 aliphatic heterocycles. The summed E-state index contributed by atoms with van der Waals surface area (Å²) in [4.78, 5) is 14.0. The van der Waals surface area contributed by atoms with E-state index in [1.165, 1.54) is 11.5 Å². The zero-order valence-electron chi connectivity index (χ0n) is 15.5. The minimum atomic E-state index is 0. The molecule has 3 heterocycles. The molecule has 0 radical (unpaired) electrons. The van der Waals surface area contributed by atoms with Crippen molar-refractivity contribution in [3.05, 3.63) is 5.82 Å². The van der Waals surface area contributed by atoms with Crippen LogP contribution in [0.1, 0.15) is 19.7 Å². The Morgan fingerprint density at radius 2 is 2.08 bits per heavy atom. The summed E-state index contributed by atoms with van der Waals surface area (Å²) in [6.45, 7) is 11.4. The Morgan fingerprint density at radius 1 is 1.27 bits per heavy atom. The van der Waals surface area contributed by atoms with Crippen molar-refractivity contribution in [2.45, 2.75) is 26.4 Å². The summed E-state index contributed by atoms with van der Waals surface area (Å²) in [5, 5.41) is 4.43. The predicted octanol–water partition coefficient (Wildman–Crippen LogP) is 1.22. The number of nitrogens with zero attached hydrogens (tertiary/aromatic N) is 5. The van der Waals surface area contributed by atoms with Gasteiger partial charge in [-0.05, 0) is 6.92 Å². The molecule has 0 aromatic carbocycles. The molecular formula is C16H29IN6O2S. The van der Waals surface area contributed by atoms with Gasteiger partial charge >= 0.3 is 0 Å². The Balaban J connectivity index is 0.00000243. The molecule has 8 nitrogen and oxygen atoms in total. The first-order valence-corrected chi connectivity index (χ1v) is 9.87. The second-order valence-corrected chi connectivity index (χ2v) is 6.81. The topological polar surface area (TPSA) is 75.1 Å². The Kier molecular flexibility index (Phi) is 9.29. The van der Waals surface area contributed by atoms with Crippen LogP contribution in [0.4, 0.5) is 5.13 Å². The lowest BCUT2D eigenvalue weighted by Crippen LogP contribution is -2.52. The number of guanidine groups is 1. The Bertz CT molecular complexity index is 559. The van der Waals surface area contributed by atoms with Gasteiger partial charge in [0.1, 0.15) is 11.9 Å². The third-order valence-electron chi connectivity index (χ3n) is 4.29. The maximum Gasteiger partial charge on any atom is 0.205 e. The van der Waals surface area contributed by atoms with Crippen molar-refractivity contribution < 1.29 is 9.47 Å². The lowest BCUT2D eigenvalue weighted by atomic mass is 10.3. The van der Waals surface area contributed by atoms with Crippen molar-refractivity contribution >= 4 is 46.6 Å². The number of hydrogen-bond acceptors (Lipinski definition) is 7. The molecule has 26 heavy (non-hydrogen) atoms. The molecule has 1 unspecified atom stereocenters. The fraction of sp³-hybridized carbons (Fsp3) is 0.812. The van der Waals surface area contributed by atoms with Crippen LogP contribution in [0.2, 0.25) is 0 Å². The molecule has 3 rings (SSSR count). The number of aromatic nitrogens is 2. The van der Waals surface area contributed by atoms with Crippen LogP contribution in [0.25, 0.3) is 0 Å². The maximum absolute atomic E-state index is 5.68. The summed E-state index contributed by atoms with van der Waals surface area (Å²) in [5.74, 6) is 1.90. The molecule has 0 spiro atoms. The smallest absolute Gasteiger partial charge is 0.205 e. The number of rotatable bonds is 5. The van der Waals surface area contributed by atoms with Gasteiger partial charge in [-0.1, -0.05) is 6.92 Å². The van der Waals surface area contributed by atoms with Gasteiger partial charge in [0.05, 0.1) is 26.4 Å². The highest BCUT2D eigenvalue weighted by atomic mass is 127. The highest BCUT2D eigenvalue weighted by Gasteiger charge is 2.22. The van der Waals surface area contributed by atoms with Crippen LogP contribution < -0.4 is 10.2 Å². The first-order chi connectivity index (χ1) is 12.3. The van der Waals surface area contributed by atoms with Crippen LogP contribution in [0, 0.1) is 0 Å². The molecule has 0 saturated carbocycles. The molecular weight excluding hydrogens is 467 g/mol. The molecule has 1 aromatic heterocycles. The highest BCUT2D eigenvalue weighted by molar-refractivity contribution is 14.0. The molecule has 0 aliphatic carbocycles. The summed E-state index contributed by atoms with van der Waals surface area (Å²) in [5.41, 5.74) is 0. The molecule has 1 aromatic rings. The van der Waals surface area contributed by atoms with Crippen LogP contribution in [0.3, 0.4) is 0 Å². The second kappa shape index (κ2) is 11.2. The van der Waals surface area contributed by atoms with Gasteiger partial charge in [-0.25, -0.2) is 4.98 Å². The van der Waals surface area contributed by atoms with Crippen molar-refractivity contribution in [2.75, 3.05) is 64.0 Å². The summed E-state index contributed by atoms with van der Waals surface area (Å²) in [6.07, 6.45) is 0.957. The van der Waals surface area contributed by atoms with Crippen LogP contribution in [0.5, 0.6) is 0 Å². The van der Waals surface area contributed by atoms with Crippen LogP contribution in [0.15, 0.2) is 4.99 Å². The first-order valence-electron chi connectivity index (χ1n) is 9.10. The third-order valence-corrected chi connectivity index (χ3v) is 5.10. The molecule has 2 saturated heterocycles. The van der Waals surface area contributed by atoms with Gasteiger partial charge in [-0.15, -0.1) is 24.0 Å². The maximum atomic E-state index is 5.68. The molecule has 1 atom stereocenters. The molecule has 2 fully saturated rings. The van der Waals surface area contributed by atoms with E-state index in [4.69, 9.17) is 14.5 Å². The standard InChI is InChI=1S/C16H28N6O2S.HI/c1-3-14-19-16(25-20-14)22-7-5-21(6-8-22)15(17-4-2)18-11-13-12-23-9-10-24-13;/h13H,3-12H2,1-2H3,(H,17,18);1H. The summed E-state index contributed by atoms with van der Waals surface area (Å²) < 4.78 is 15.5. The minimum Gasteiger partial charge on any atom is -0.376 e. The lowest BCUT2D eigenvalue weighted by molar-refractivity contribution is -0.0833. The highest BCUT2D eigenvalue weighted by Crippen LogP contribution is 2.19. The van der Waals surface area contributed by atoms with E-state index in [1.54, 1.807) is 0 Å². The van der Waals surface area contributed by atoms with Crippen LogP contribution >= 0.6 is 35.5 Å². The molecule has 2 aliphatic rings. The van der Waals surface area contributed by atoms with Gasteiger partial charge in [0.25, 0.3) is 0 Å². The zero-order valence-corrected chi connectivity index (χ0v) is 18.7. The van der Waals surface area contributed by atoms with E-state index < -0.39 is 0 Å². The number of halogens is 1. The summed E-state index contributed by atoms with van der Waals surface area (Å²) in [6, 6.07) is 0. The number of piperazine rings is 1. The molecule has 1 N–H and O–H groups in total. The van der Waals surface area contributed by atoms with Crippen LogP contribution in [-0.4, -0.2) is 85.4 Å². The first kappa shape index (κ1) is 21.6. The number of aliphatic imine (C=N–C) groups is 1. The number of anilines is 1. The molecule has 148 valence electrons. The van der Waals surface area contributed by atoms with Crippen molar-refractivity contribution in [1.29, 1.82) is 0 Å². The predicted molar refractivity (Wildman–Crippen MR) is 115 cm³/mol. The van der Waals surface area contributed by atoms with E-state index in [0.29, 0.717) is 26.4 Å². The summed E-state index contributed by atoms with van der Waals surface area (Å²) >= 11 is 1.50. The van der Waals surface area contributed by atoms with Gasteiger partial charge in [0, 0.05) is 50.7 Å². The second-order valence-electron chi connectivity index (χ2n) is 6.08. The van der Waals surface area contributed by atoms with Gasteiger partial charge in [0.15, 0.2) is 5.96 Å². The molecule has 0 amide bonds. The number of ether oxygens (including phenoxy) is 2. The normalized spacial score (nSPS) is 21.5. The largest absolute Gasteiger partial charge is 0.376 e. The van der Waals surface area contributed by atoms with Crippen molar-refractivity contribution in [3.8, 4) is 0 Å². The van der Waals surface area contributed by atoms with E-state index in [0.717, 1.165) is 56.1 Å². The lowest BCUT2D eigenvalue weighted by Gasteiger charge is -2.36. The minimum absolute atomic E-state index is 0. The zero-order chi connectivity index (χ0) is 17.5. The SMILES string of the molecule is CCNC(=NCC1COCCO1)N1CCN(c2nc(CC)ns2)CC1.I. The van der Waals surface area contributed by atoms with Crippen molar-refractivity contribution in [3.63, 3.8) is 0 Å². The quantitative estimate of drug-likeness (QED) is 0.374. The monoisotopic (exact) mass is 496 g/mol. The Labute approximate surface area is 176 Å². The average Bonchev–Trinajstić information content (AvgIpc) is 3.15. The molecule has 10 heteroatoms. The average molecular weight is 496 g/mol. The fourth-order valence-electron chi connectivity index (χ4n) is 2.88. The number of hydrogen-bond donors (Lipinski definition) is 1. The third kappa shape index (κ3) is 5.89. The van der Waals surface area contributed by atoms with Crippen molar-refractivity contribution in [2.24, 2.45) is 4.99 Å². The van der Waals surface area contributed by atoms with E-state index >= 15 is 0 Å². The van der Waals surface area contributed by atoms with Gasteiger partial charge < -0.3 is 24.6 Å². The number of nitrogens with one attached hydrogen (secondary N) is 1. The Morgan fingerprint density at radius 3 is 2.69 bits per heavy atom. The molecule has 0 bridgehead atoms. The van der Waals surface area contributed by atoms with Gasteiger partial charge in [-0.3, -0.25) is 4.99 Å². The van der Waals surface area contributed by atoms with Crippen LogP contribution in [-0.2, 0) is 15.9 Å². The van der Waals surface area contributed by atoms with E-state index in [1.807, 2.05) is 0 Å².